The fraction of sp³-hybridized carbons (Fsp3) is 1.00. The van der Waals surface area contributed by atoms with Crippen LogP contribution in [0.2, 0.25) is 0 Å². The zero-order valence-electron chi connectivity index (χ0n) is 5.92. The van der Waals surface area contributed by atoms with Crippen molar-refractivity contribution in [2.24, 2.45) is 0 Å². The molecule has 0 spiro atoms. The molecule has 0 heterocycles. The minimum Gasteiger partial charge on any atom is -0.772 e. The molecule has 0 saturated heterocycles. The molecule has 0 aliphatic rings. The zero-order valence-corrected chi connectivity index (χ0v) is 6.74. The summed E-state index contributed by atoms with van der Waals surface area (Å²) in [5, 5.41) is -0.162. The lowest BCUT2D eigenvalue weighted by molar-refractivity contribution is 0.517. The Morgan fingerprint density at radius 3 is 2.56 bits per heavy atom. The largest absolute Gasteiger partial charge is 0.772 e. The molecule has 0 aliphatic carbocycles. The van der Waals surface area contributed by atoms with Crippen LogP contribution in [0, 0.1) is 0 Å². The third-order valence-corrected chi connectivity index (χ3v) is 2.19. The van der Waals surface area contributed by atoms with Crippen LogP contribution >= 0.6 is 0 Å². The summed E-state index contributed by atoms with van der Waals surface area (Å²) < 4.78 is 20.4. The summed E-state index contributed by atoms with van der Waals surface area (Å²) in [7, 11) is 0. The van der Waals surface area contributed by atoms with Crippen LogP contribution < -0.4 is 0 Å². The minimum atomic E-state index is -1.86. The maximum absolute atomic E-state index is 10.2. The average molecular weight is 149 g/mol. The van der Waals surface area contributed by atoms with Crippen molar-refractivity contribution in [3.63, 3.8) is 0 Å². The van der Waals surface area contributed by atoms with E-state index >= 15 is 0 Å². The van der Waals surface area contributed by atoms with E-state index in [0.717, 1.165) is 19.3 Å². The Balaban J connectivity index is 3.27. The van der Waals surface area contributed by atoms with Crippen LogP contribution in [0.1, 0.15) is 33.1 Å². The van der Waals surface area contributed by atoms with Gasteiger partial charge in [0.25, 0.3) is 0 Å². The highest BCUT2D eigenvalue weighted by Crippen LogP contribution is 2.03. The second-order valence-corrected chi connectivity index (χ2v) is 3.54. The Morgan fingerprint density at radius 1 is 1.67 bits per heavy atom. The number of rotatable bonds is 4. The van der Waals surface area contributed by atoms with Gasteiger partial charge >= 0.3 is 0 Å². The van der Waals surface area contributed by atoms with Gasteiger partial charge in [-0.25, -0.2) is 0 Å². The van der Waals surface area contributed by atoms with E-state index in [9.17, 15) is 8.76 Å². The quantitative estimate of drug-likeness (QED) is 0.567. The molecule has 0 rings (SSSR count). The van der Waals surface area contributed by atoms with Crippen molar-refractivity contribution in [2.75, 3.05) is 0 Å². The fourth-order valence-electron chi connectivity index (χ4n) is 0.588. The van der Waals surface area contributed by atoms with Gasteiger partial charge in [-0.1, -0.05) is 37.8 Å². The first kappa shape index (κ1) is 9.11. The van der Waals surface area contributed by atoms with Gasteiger partial charge in [0.05, 0.1) is 0 Å². The molecular weight excluding hydrogens is 136 g/mol. The summed E-state index contributed by atoms with van der Waals surface area (Å²) in [4.78, 5) is 0. The van der Waals surface area contributed by atoms with Gasteiger partial charge in [0, 0.05) is 5.25 Å². The summed E-state index contributed by atoms with van der Waals surface area (Å²) in [5.41, 5.74) is 0. The Hall–Kier alpha value is 0.110. The molecule has 0 amide bonds. The Labute approximate surface area is 58.9 Å². The molecule has 2 nitrogen and oxygen atoms in total. The van der Waals surface area contributed by atoms with Crippen LogP contribution in [0.5, 0.6) is 0 Å². The predicted octanol–water partition coefficient (Wildman–Crippen LogP) is 1.44. The summed E-state index contributed by atoms with van der Waals surface area (Å²) in [5.74, 6) is 0. The third kappa shape index (κ3) is 4.60. The molecule has 3 heteroatoms. The van der Waals surface area contributed by atoms with Gasteiger partial charge < -0.3 is 4.55 Å². The van der Waals surface area contributed by atoms with E-state index in [1.54, 1.807) is 6.92 Å². The lowest BCUT2D eigenvalue weighted by Gasteiger charge is -2.12. The molecule has 0 saturated carbocycles. The first-order valence-electron chi connectivity index (χ1n) is 3.26. The highest BCUT2D eigenvalue weighted by atomic mass is 32.2. The van der Waals surface area contributed by atoms with E-state index in [0.29, 0.717) is 0 Å². The smallest absolute Gasteiger partial charge is 0.0187 e. The first-order chi connectivity index (χ1) is 4.18. The standard InChI is InChI=1S/C6H14O2S/c1-3-4-5-6(2)9(7)8/h6H,3-5H2,1-2H3,(H,7,8)/p-1. The molecule has 0 N–H and O–H groups in total. The summed E-state index contributed by atoms with van der Waals surface area (Å²) in [6.45, 7) is 3.79. The van der Waals surface area contributed by atoms with Crippen molar-refractivity contribution in [1.82, 2.24) is 0 Å². The Bertz CT molecular complexity index is 93.1. The normalized spacial score (nSPS) is 17.2. The molecule has 0 aliphatic heterocycles. The second kappa shape index (κ2) is 4.94. The van der Waals surface area contributed by atoms with Crippen molar-refractivity contribution in [3.05, 3.63) is 0 Å². The van der Waals surface area contributed by atoms with E-state index in [-0.39, 0.29) is 5.25 Å². The van der Waals surface area contributed by atoms with Crippen molar-refractivity contribution in [3.8, 4) is 0 Å². The van der Waals surface area contributed by atoms with Crippen LogP contribution in [0.15, 0.2) is 0 Å². The highest BCUT2D eigenvalue weighted by Gasteiger charge is 1.98. The van der Waals surface area contributed by atoms with Gasteiger partial charge in [0.2, 0.25) is 0 Å². The maximum Gasteiger partial charge on any atom is 0.0187 e. The van der Waals surface area contributed by atoms with Crippen LogP contribution in [0.3, 0.4) is 0 Å². The number of unbranched alkanes of at least 4 members (excludes halogenated alkanes) is 1. The van der Waals surface area contributed by atoms with Crippen molar-refractivity contribution < 1.29 is 8.76 Å². The van der Waals surface area contributed by atoms with Crippen molar-refractivity contribution in [2.45, 2.75) is 38.4 Å². The van der Waals surface area contributed by atoms with E-state index in [4.69, 9.17) is 0 Å². The predicted molar refractivity (Wildman–Crippen MR) is 37.9 cm³/mol. The zero-order chi connectivity index (χ0) is 7.28. The second-order valence-electron chi connectivity index (χ2n) is 2.21. The molecular formula is C6H13O2S-. The van der Waals surface area contributed by atoms with Crippen LogP contribution in [-0.2, 0) is 11.1 Å². The lowest BCUT2D eigenvalue weighted by atomic mass is 10.2. The van der Waals surface area contributed by atoms with E-state index in [2.05, 4.69) is 6.92 Å². The van der Waals surface area contributed by atoms with Gasteiger partial charge in [-0.3, -0.25) is 4.21 Å². The summed E-state index contributed by atoms with van der Waals surface area (Å²) >= 11 is -1.86. The van der Waals surface area contributed by atoms with Crippen LogP contribution in [0.4, 0.5) is 0 Å². The van der Waals surface area contributed by atoms with Gasteiger partial charge in [0.1, 0.15) is 0 Å². The Kier molecular flexibility index (Phi) is 5.00. The van der Waals surface area contributed by atoms with Crippen molar-refractivity contribution >= 4 is 11.1 Å². The topological polar surface area (TPSA) is 40.1 Å². The van der Waals surface area contributed by atoms with Gasteiger partial charge in [-0.2, -0.15) is 0 Å². The molecule has 0 radical (unpaired) electrons. The fourth-order valence-corrected chi connectivity index (χ4v) is 0.947. The molecule has 0 fully saturated rings. The Morgan fingerprint density at radius 2 is 2.22 bits per heavy atom. The maximum atomic E-state index is 10.2. The molecule has 0 aromatic rings. The minimum absolute atomic E-state index is 0.162. The third-order valence-electron chi connectivity index (χ3n) is 1.29. The lowest BCUT2D eigenvalue weighted by Crippen LogP contribution is -2.08. The molecule has 56 valence electrons. The molecule has 2 unspecified atom stereocenters. The molecule has 2 atom stereocenters. The van der Waals surface area contributed by atoms with Gasteiger partial charge in [0.15, 0.2) is 0 Å². The summed E-state index contributed by atoms with van der Waals surface area (Å²) in [6.07, 6.45) is 2.88. The van der Waals surface area contributed by atoms with E-state index < -0.39 is 11.1 Å². The SMILES string of the molecule is CCCCC(C)S(=O)[O-]. The monoisotopic (exact) mass is 149 g/mol. The summed E-state index contributed by atoms with van der Waals surface area (Å²) in [6, 6.07) is 0. The highest BCUT2D eigenvalue weighted by molar-refractivity contribution is 7.79. The molecule has 0 aromatic carbocycles. The average Bonchev–Trinajstić information content (AvgIpc) is 1.82. The van der Waals surface area contributed by atoms with Crippen LogP contribution in [0.25, 0.3) is 0 Å². The van der Waals surface area contributed by atoms with E-state index in [1.165, 1.54) is 0 Å². The van der Waals surface area contributed by atoms with Crippen LogP contribution in [-0.4, -0.2) is 14.0 Å². The number of hydrogen-bond acceptors (Lipinski definition) is 2. The molecule has 0 bridgehead atoms. The molecule has 0 aromatic heterocycles. The molecule has 9 heavy (non-hydrogen) atoms. The van der Waals surface area contributed by atoms with E-state index in [1.807, 2.05) is 0 Å². The van der Waals surface area contributed by atoms with Gasteiger partial charge in [-0.15, -0.1) is 0 Å². The number of hydrogen-bond donors (Lipinski definition) is 0. The van der Waals surface area contributed by atoms with Crippen molar-refractivity contribution in [1.29, 1.82) is 0 Å². The first-order valence-corrected chi connectivity index (χ1v) is 4.40. The van der Waals surface area contributed by atoms with Gasteiger partial charge in [-0.05, 0) is 6.42 Å².